The molecule has 1 heterocycles. The van der Waals surface area contributed by atoms with E-state index < -0.39 is 5.60 Å². The number of carbonyl (C=O) groups excluding carboxylic acids is 1. The highest BCUT2D eigenvalue weighted by molar-refractivity contribution is 7.80. The minimum absolute atomic E-state index is 0.267. The molecule has 30 heavy (non-hydrogen) atoms. The second-order valence-corrected chi connectivity index (χ2v) is 8.68. The zero-order chi connectivity index (χ0) is 22.4. The van der Waals surface area contributed by atoms with Gasteiger partial charge < -0.3 is 19.9 Å². The Balaban J connectivity index is 1.94. The summed E-state index contributed by atoms with van der Waals surface area (Å²) in [4.78, 5) is 12.1. The van der Waals surface area contributed by atoms with E-state index in [4.69, 9.17) is 21.7 Å². The molecule has 160 valence electrons. The van der Waals surface area contributed by atoms with Crippen LogP contribution in [0.4, 0.5) is 5.69 Å². The van der Waals surface area contributed by atoms with E-state index in [9.17, 15) is 9.90 Å². The molecular formula is C24H29NO4S. The number of phenolic OH excluding ortho intramolecular Hbond substituents is 1. The number of esters is 1. The van der Waals surface area contributed by atoms with Crippen molar-refractivity contribution in [1.29, 1.82) is 0 Å². The van der Waals surface area contributed by atoms with Gasteiger partial charge in [0.05, 0.1) is 0 Å². The Morgan fingerprint density at radius 2 is 1.77 bits per heavy atom. The molecule has 5 nitrogen and oxygen atoms in total. The molecule has 0 radical (unpaired) electrons. The average Bonchev–Trinajstić information content (AvgIpc) is 2.69. The Labute approximate surface area is 183 Å². The molecule has 3 rings (SSSR count). The van der Waals surface area contributed by atoms with Crippen molar-refractivity contribution in [3.8, 4) is 17.2 Å². The van der Waals surface area contributed by atoms with Crippen molar-refractivity contribution in [2.45, 2.75) is 66.9 Å². The number of hydrogen-bond acceptors (Lipinski definition) is 5. The van der Waals surface area contributed by atoms with Crippen molar-refractivity contribution < 1.29 is 19.4 Å². The number of carbonyl (C=O) groups is 1. The van der Waals surface area contributed by atoms with Crippen molar-refractivity contribution in [3.63, 3.8) is 0 Å². The van der Waals surface area contributed by atoms with Crippen LogP contribution in [-0.2, 0) is 11.2 Å². The number of anilines is 1. The van der Waals surface area contributed by atoms with Crippen molar-refractivity contribution in [2.75, 3.05) is 5.32 Å². The summed E-state index contributed by atoms with van der Waals surface area (Å²) in [6, 6.07) is 3.50. The van der Waals surface area contributed by atoms with Crippen LogP contribution in [0.2, 0.25) is 0 Å². The number of rotatable bonds is 3. The third-order valence-electron chi connectivity index (χ3n) is 6.22. The number of thiocarbonyl (C=S) groups is 1. The Morgan fingerprint density at radius 3 is 2.40 bits per heavy atom. The summed E-state index contributed by atoms with van der Waals surface area (Å²) >= 11 is 5.76. The molecule has 1 atom stereocenters. The molecule has 2 N–H and O–H groups in total. The SMILES string of the molecule is CC(=O)Oc1c(C)c(C)c2c(c1C)CCC(C)(C(=S)Nc1ccc(O)c(C)c1C)O2. The second kappa shape index (κ2) is 7.91. The van der Waals surface area contributed by atoms with Crippen molar-refractivity contribution >= 4 is 28.9 Å². The largest absolute Gasteiger partial charge is 0.508 e. The zero-order valence-electron chi connectivity index (χ0n) is 18.6. The van der Waals surface area contributed by atoms with Gasteiger partial charge in [-0.2, -0.15) is 0 Å². The highest BCUT2D eigenvalue weighted by atomic mass is 32.1. The number of phenols is 1. The quantitative estimate of drug-likeness (QED) is 0.297. The summed E-state index contributed by atoms with van der Waals surface area (Å²) in [6.07, 6.45) is 1.47. The van der Waals surface area contributed by atoms with Gasteiger partial charge in [-0.25, -0.2) is 0 Å². The number of fused-ring (bicyclic) bond motifs is 1. The van der Waals surface area contributed by atoms with Crippen molar-refractivity contribution in [2.24, 2.45) is 0 Å². The fourth-order valence-electron chi connectivity index (χ4n) is 3.89. The van der Waals surface area contributed by atoms with Gasteiger partial charge in [0.25, 0.3) is 0 Å². The van der Waals surface area contributed by atoms with Gasteiger partial charge in [0, 0.05) is 18.2 Å². The van der Waals surface area contributed by atoms with Gasteiger partial charge in [-0.3, -0.25) is 4.79 Å². The van der Waals surface area contributed by atoms with Crippen LogP contribution in [0.1, 0.15) is 53.6 Å². The maximum atomic E-state index is 11.5. The molecule has 0 saturated carbocycles. The Bertz CT molecular complexity index is 1060. The van der Waals surface area contributed by atoms with Gasteiger partial charge in [0.1, 0.15) is 22.2 Å². The summed E-state index contributed by atoms with van der Waals surface area (Å²) in [5.41, 5.74) is 5.81. The molecule has 0 aromatic heterocycles. The van der Waals surface area contributed by atoms with E-state index in [1.165, 1.54) is 6.92 Å². The molecule has 0 saturated heterocycles. The maximum absolute atomic E-state index is 11.5. The van der Waals surface area contributed by atoms with E-state index in [2.05, 4.69) is 5.32 Å². The lowest BCUT2D eigenvalue weighted by atomic mass is 9.87. The summed E-state index contributed by atoms with van der Waals surface area (Å²) in [5.74, 6) is 1.38. The van der Waals surface area contributed by atoms with E-state index in [1.54, 1.807) is 6.07 Å². The van der Waals surface area contributed by atoms with E-state index in [0.29, 0.717) is 17.2 Å². The number of hydrogen-bond donors (Lipinski definition) is 2. The van der Waals surface area contributed by atoms with Gasteiger partial charge in [-0.15, -0.1) is 0 Å². The number of aromatic hydroxyl groups is 1. The summed E-state index contributed by atoms with van der Waals surface area (Å²) < 4.78 is 12.0. The van der Waals surface area contributed by atoms with Gasteiger partial charge in [-0.05, 0) is 94.3 Å². The van der Waals surface area contributed by atoms with Crippen molar-refractivity contribution in [1.82, 2.24) is 0 Å². The molecule has 6 heteroatoms. The molecule has 0 fully saturated rings. The fourth-order valence-corrected chi connectivity index (χ4v) is 4.14. The Morgan fingerprint density at radius 1 is 1.10 bits per heavy atom. The van der Waals surface area contributed by atoms with E-state index in [1.807, 2.05) is 47.6 Å². The first-order valence-corrected chi connectivity index (χ1v) is 10.5. The molecule has 0 amide bonds. The van der Waals surface area contributed by atoms with E-state index in [-0.39, 0.29) is 11.7 Å². The Hall–Kier alpha value is -2.60. The number of benzene rings is 2. The predicted molar refractivity (Wildman–Crippen MR) is 123 cm³/mol. The first-order valence-electron chi connectivity index (χ1n) is 10.1. The first-order chi connectivity index (χ1) is 14.0. The molecule has 1 aliphatic heterocycles. The van der Waals surface area contributed by atoms with E-state index in [0.717, 1.165) is 51.2 Å². The highest BCUT2D eigenvalue weighted by Gasteiger charge is 2.38. The fraction of sp³-hybridized carbons (Fsp3) is 0.417. The molecule has 2 aromatic rings. The standard InChI is InChI=1S/C24H29NO4S/c1-12-13(2)20(27)9-8-19(12)25-23(30)24(7)11-10-18-16(5)21(28-17(6)26)14(3)15(4)22(18)29-24/h8-9,27H,10-11H2,1-7H3,(H,25,30). The predicted octanol–water partition coefficient (Wildman–Crippen LogP) is 5.38. The van der Waals surface area contributed by atoms with E-state index >= 15 is 0 Å². The topological polar surface area (TPSA) is 67.8 Å². The van der Waals surface area contributed by atoms with Crippen LogP contribution in [0.15, 0.2) is 12.1 Å². The van der Waals surface area contributed by atoms with Gasteiger partial charge in [0.15, 0.2) is 5.60 Å². The average molecular weight is 428 g/mol. The summed E-state index contributed by atoms with van der Waals surface area (Å²) in [5, 5.41) is 13.2. The molecule has 0 spiro atoms. The number of ether oxygens (including phenoxy) is 2. The lowest BCUT2D eigenvalue weighted by Gasteiger charge is -2.38. The highest BCUT2D eigenvalue weighted by Crippen LogP contribution is 2.44. The van der Waals surface area contributed by atoms with Crippen LogP contribution in [0.25, 0.3) is 0 Å². The minimum Gasteiger partial charge on any atom is -0.508 e. The smallest absolute Gasteiger partial charge is 0.308 e. The van der Waals surface area contributed by atoms with Gasteiger partial charge in [-0.1, -0.05) is 12.2 Å². The van der Waals surface area contributed by atoms with Gasteiger partial charge in [0.2, 0.25) is 0 Å². The lowest BCUT2D eigenvalue weighted by molar-refractivity contribution is -0.132. The number of nitrogens with one attached hydrogen (secondary N) is 1. The maximum Gasteiger partial charge on any atom is 0.308 e. The molecular weight excluding hydrogens is 398 g/mol. The van der Waals surface area contributed by atoms with Gasteiger partial charge >= 0.3 is 5.97 Å². The summed E-state index contributed by atoms with van der Waals surface area (Å²) in [7, 11) is 0. The molecule has 2 aromatic carbocycles. The monoisotopic (exact) mass is 427 g/mol. The second-order valence-electron chi connectivity index (χ2n) is 8.27. The zero-order valence-corrected chi connectivity index (χ0v) is 19.5. The molecule has 1 unspecified atom stereocenters. The molecule has 1 aliphatic rings. The van der Waals surface area contributed by atoms with Crippen molar-refractivity contribution in [3.05, 3.63) is 45.5 Å². The third kappa shape index (κ3) is 3.76. The van der Waals surface area contributed by atoms with Crippen LogP contribution in [0.5, 0.6) is 17.2 Å². The molecule has 0 bridgehead atoms. The normalized spacial score (nSPS) is 17.7. The summed E-state index contributed by atoms with van der Waals surface area (Å²) in [6.45, 7) is 13.1. The Kier molecular flexibility index (Phi) is 5.83. The van der Waals surface area contributed by atoms with Crippen LogP contribution in [0.3, 0.4) is 0 Å². The molecule has 0 aliphatic carbocycles. The van der Waals surface area contributed by atoms with Crippen LogP contribution < -0.4 is 14.8 Å². The minimum atomic E-state index is -0.673. The lowest BCUT2D eigenvalue weighted by Crippen LogP contribution is -2.47. The van der Waals surface area contributed by atoms with Crippen LogP contribution in [0, 0.1) is 34.6 Å². The first kappa shape index (κ1) is 22.1. The third-order valence-corrected chi connectivity index (χ3v) is 6.76. The van der Waals surface area contributed by atoms with Crippen LogP contribution in [-0.4, -0.2) is 21.7 Å². The van der Waals surface area contributed by atoms with Crippen LogP contribution >= 0.6 is 12.2 Å².